The number of pyridine rings is 1. The molecule has 2 heterocycles. The van der Waals surface area contributed by atoms with Crippen molar-refractivity contribution in [1.82, 2.24) is 9.55 Å². The smallest absolute Gasteiger partial charge is 0.248 e. The Kier molecular flexibility index (Phi) is 3.58. The molecule has 2 aromatic heterocycles. The average molecular weight is 327 g/mol. The minimum Gasteiger partial charge on any atom is -0.366 e. The number of aromatic nitrogens is 2. The van der Waals surface area contributed by atoms with Gasteiger partial charge in [0, 0.05) is 34.6 Å². The Bertz CT molecular complexity index is 1080. The fraction of sp³-hybridized carbons (Fsp3) is 0.0476. The lowest BCUT2D eigenvalue weighted by Gasteiger charge is -2.07. The molecule has 4 aromatic rings. The molecule has 0 aliphatic heterocycles. The molecule has 0 radical (unpaired) electrons. The molecule has 4 heteroatoms. The standard InChI is InChI=1S/C21H17N3O/c1-14-5-7-19(8-6-14)24-10-9-17-12-18(13-23-21(17)24)15-3-2-4-16(11-15)20(22)25/h2-13H,1H3,(H2,22,25). The molecule has 2 N–H and O–H groups in total. The lowest BCUT2D eigenvalue weighted by Crippen LogP contribution is -2.10. The second-order valence-electron chi connectivity index (χ2n) is 6.10. The highest BCUT2D eigenvalue weighted by Crippen LogP contribution is 2.25. The molecule has 25 heavy (non-hydrogen) atoms. The zero-order valence-corrected chi connectivity index (χ0v) is 13.8. The first kappa shape index (κ1) is 15.1. The minimum atomic E-state index is -0.429. The Labute approximate surface area is 145 Å². The number of hydrogen-bond acceptors (Lipinski definition) is 2. The van der Waals surface area contributed by atoms with E-state index in [1.54, 1.807) is 12.1 Å². The van der Waals surface area contributed by atoms with Crippen LogP contribution in [0.5, 0.6) is 0 Å². The highest BCUT2D eigenvalue weighted by Gasteiger charge is 2.08. The second-order valence-corrected chi connectivity index (χ2v) is 6.10. The number of hydrogen-bond donors (Lipinski definition) is 1. The van der Waals surface area contributed by atoms with E-state index in [1.807, 2.05) is 30.6 Å². The Morgan fingerprint density at radius 2 is 1.80 bits per heavy atom. The first-order chi connectivity index (χ1) is 12.1. The van der Waals surface area contributed by atoms with Crippen molar-refractivity contribution in [2.45, 2.75) is 6.92 Å². The van der Waals surface area contributed by atoms with Gasteiger partial charge in [-0.2, -0.15) is 0 Å². The maximum absolute atomic E-state index is 11.4. The number of carbonyl (C=O) groups is 1. The lowest BCUT2D eigenvalue weighted by molar-refractivity contribution is 0.100. The van der Waals surface area contributed by atoms with Gasteiger partial charge in [-0.15, -0.1) is 0 Å². The molecule has 4 nitrogen and oxygen atoms in total. The number of benzene rings is 2. The van der Waals surface area contributed by atoms with Crippen molar-refractivity contribution < 1.29 is 4.79 Å². The summed E-state index contributed by atoms with van der Waals surface area (Å²) in [6, 6.07) is 19.8. The number of amides is 1. The first-order valence-corrected chi connectivity index (χ1v) is 8.06. The van der Waals surface area contributed by atoms with Crippen LogP contribution in [0.1, 0.15) is 15.9 Å². The average Bonchev–Trinajstić information content (AvgIpc) is 3.05. The minimum absolute atomic E-state index is 0.429. The van der Waals surface area contributed by atoms with Crippen LogP contribution >= 0.6 is 0 Å². The molecule has 0 aliphatic rings. The molecule has 122 valence electrons. The SMILES string of the molecule is Cc1ccc(-n2ccc3cc(-c4cccc(C(N)=O)c4)cnc32)cc1. The van der Waals surface area contributed by atoms with Crippen LogP contribution < -0.4 is 5.73 Å². The van der Waals surface area contributed by atoms with E-state index in [1.165, 1.54) is 5.56 Å². The largest absolute Gasteiger partial charge is 0.366 e. The summed E-state index contributed by atoms with van der Waals surface area (Å²) in [7, 11) is 0. The second kappa shape index (κ2) is 5.91. The monoisotopic (exact) mass is 327 g/mol. The van der Waals surface area contributed by atoms with Gasteiger partial charge in [0.05, 0.1) is 0 Å². The predicted molar refractivity (Wildman–Crippen MR) is 99.8 cm³/mol. The van der Waals surface area contributed by atoms with E-state index in [9.17, 15) is 4.79 Å². The summed E-state index contributed by atoms with van der Waals surface area (Å²) in [5.41, 5.74) is 11.0. The van der Waals surface area contributed by atoms with Crippen molar-refractivity contribution in [2.24, 2.45) is 5.73 Å². The van der Waals surface area contributed by atoms with Crippen LogP contribution in [-0.4, -0.2) is 15.5 Å². The summed E-state index contributed by atoms with van der Waals surface area (Å²) in [4.78, 5) is 16.0. The molecule has 0 saturated heterocycles. The zero-order valence-electron chi connectivity index (χ0n) is 13.8. The maximum atomic E-state index is 11.4. The molecule has 0 saturated carbocycles. The molecule has 0 aliphatic carbocycles. The predicted octanol–water partition coefficient (Wildman–Crippen LogP) is 4.10. The van der Waals surface area contributed by atoms with E-state index >= 15 is 0 Å². The van der Waals surface area contributed by atoms with Crippen LogP contribution in [0, 0.1) is 6.92 Å². The number of aryl methyl sites for hydroxylation is 1. The summed E-state index contributed by atoms with van der Waals surface area (Å²) < 4.78 is 2.07. The number of primary amides is 1. The highest BCUT2D eigenvalue weighted by atomic mass is 16.1. The van der Waals surface area contributed by atoms with Crippen molar-refractivity contribution in [3.63, 3.8) is 0 Å². The van der Waals surface area contributed by atoms with E-state index in [-0.39, 0.29) is 0 Å². The van der Waals surface area contributed by atoms with Gasteiger partial charge in [-0.1, -0.05) is 29.8 Å². The van der Waals surface area contributed by atoms with Gasteiger partial charge in [-0.05, 0) is 48.9 Å². The first-order valence-electron chi connectivity index (χ1n) is 8.06. The Hall–Kier alpha value is -3.40. The molecule has 0 spiro atoms. The van der Waals surface area contributed by atoms with Gasteiger partial charge < -0.3 is 10.3 Å². The van der Waals surface area contributed by atoms with Gasteiger partial charge in [0.2, 0.25) is 5.91 Å². The van der Waals surface area contributed by atoms with Crippen LogP contribution in [0.15, 0.2) is 73.1 Å². The van der Waals surface area contributed by atoms with E-state index in [0.717, 1.165) is 27.8 Å². The highest BCUT2D eigenvalue weighted by molar-refractivity contribution is 5.94. The summed E-state index contributed by atoms with van der Waals surface area (Å²) >= 11 is 0. The van der Waals surface area contributed by atoms with Crippen LogP contribution in [0.2, 0.25) is 0 Å². The number of rotatable bonds is 3. The number of fused-ring (bicyclic) bond motifs is 1. The molecule has 4 rings (SSSR count). The van der Waals surface area contributed by atoms with Crippen LogP contribution in [0.4, 0.5) is 0 Å². The Morgan fingerprint density at radius 3 is 2.56 bits per heavy atom. The number of nitrogens with two attached hydrogens (primary N) is 1. The quantitative estimate of drug-likeness (QED) is 0.616. The van der Waals surface area contributed by atoms with Crippen molar-refractivity contribution in [1.29, 1.82) is 0 Å². The molecule has 0 bridgehead atoms. The topological polar surface area (TPSA) is 60.9 Å². The van der Waals surface area contributed by atoms with Crippen LogP contribution in [0.25, 0.3) is 27.8 Å². The zero-order chi connectivity index (χ0) is 17.4. The van der Waals surface area contributed by atoms with E-state index < -0.39 is 5.91 Å². The Morgan fingerprint density at radius 1 is 1.00 bits per heavy atom. The number of carbonyl (C=O) groups excluding carboxylic acids is 1. The molecule has 1 amide bonds. The van der Waals surface area contributed by atoms with Gasteiger partial charge >= 0.3 is 0 Å². The fourth-order valence-electron chi connectivity index (χ4n) is 2.95. The van der Waals surface area contributed by atoms with E-state index in [4.69, 9.17) is 5.73 Å². The summed E-state index contributed by atoms with van der Waals surface area (Å²) in [5.74, 6) is -0.429. The number of nitrogens with zero attached hydrogens (tertiary/aromatic N) is 2. The summed E-state index contributed by atoms with van der Waals surface area (Å²) in [6.45, 7) is 2.07. The van der Waals surface area contributed by atoms with E-state index in [2.05, 4.69) is 46.8 Å². The van der Waals surface area contributed by atoms with Crippen LogP contribution in [-0.2, 0) is 0 Å². The van der Waals surface area contributed by atoms with Gasteiger partial charge in [0.1, 0.15) is 5.65 Å². The normalized spacial score (nSPS) is 10.9. The molecular formula is C21H17N3O. The van der Waals surface area contributed by atoms with E-state index in [0.29, 0.717) is 5.56 Å². The third kappa shape index (κ3) is 2.78. The van der Waals surface area contributed by atoms with Gasteiger partial charge in [0.25, 0.3) is 0 Å². The van der Waals surface area contributed by atoms with Crippen molar-refractivity contribution in [3.05, 3.63) is 84.2 Å². The Balaban J connectivity index is 1.78. The third-order valence-electron chi connectivity index (χ3n) is 4.32. The summed E-state index contributed by atoms with van der Waals surface area (Å²) in [6.07, 6.45) is 3.85. The van der Waals surface area contributed by atoms with Crippen molar-refractivity contribution in [3.8, 4) is 16.8 Å². The lowest BCUT2D eigenvalue weighted by atomic mass is 10.0. The molecule has 2 aromatic carbocycles. The van der Waals surface area contributed by atoms with Crippen molar-refractivity contribution in [2.75, 3.05) is 0 Å². The van der Waals surface area contributed by atoms with Gasteiger partial charge in [0.15, 0.2) is 0 Å². The molecular weight excluding hydrogens is 310 g/mol. The van der Waals surface area contributed by atoms with Crippen LogP contribution in [0.3, 0.4) is 0 Å². The fourth-order valence-corrected chi connectivity index (χ4v) is 2.95. The van der Waals surface area contributed by atoms with Crippen molar-refractivity contribution >= 4 is 16.9 Å². The molecule has 0 unspecified atom stereocenters. The van der Waals surface area contributed by atoms with Gasteiger partial charge in [-0.25, -0.2) is 4.98 Å². The summed E-state index contributed by atoms with van der Waals surface area (Å²) in [5, 5.41) is 1.04. The van der Waals surface area contributed by atoms with Gasteiger partial charge in [-0.3, -0.25) is 4.79 Å². The maximum Gasteiger partial charge on any atom is 0.248 e. The molecule has 0 fully saturated rings. The molecule has 0 atom stereocenters. The third-order valence-corrected chi connectivity index (χ3v) is 4.32.